The summed E-state index contributed by atoms with van der Waals surface area (Å²) >= 11 is 0. The van der Waals surface area contributed by atoms with Gasteiger partial charge in [0.25, 0.3) is 5.91 Å². The highest BCUT2D eigenvalue weighted by Crippen LogP contribution is 2.33. The maximum absolute atomic E-state index is 13.9. The van der Waals surface area contributed by atoms with Crippen molar-refractivity contribution in [3.05, 3.63) is 65.6 Å². The molecule has 4 amide bonds. The van der Waals surface area contributed by atoms with Gasteiger partial charge in [0.1, 0.15) is 11.6 Å². The number of primary amides is 1. The molecule has 0 bridgehead atoms. The van der Waals surface area contributed by atoms with E-state index in [9.17, 15) is 31.9 Å². The van der Waals surface area contributed by atoms with Gasteiger partial charge >= 0.3 is 12.2 Å². The van der Waals surface area contributed by atoms with Crippen molar-refractivity contribution in [1.29, 1.82) is 0 Å². The molecule has 1 aromatic heterocycles. The van der Waals surface area contributed by atoms with E-state index < -0.39 is 40.6 Å². The fourth-order valence-corrected chi connectivity index (χ4v) is 3.12. The highest BCUT2D eigenvalue weighted by atomic mass is 19.4. The van der Waals surface area contributed by atoms with Gasteiger partial charge in [0, 0.05) is 22.9 Å². The molecule has 0 fully saturated rings. The van der Waals surface area contributed by atoms with Crippen LogP contribution < -0.4 is 21.7 Å². The minimum atomic E-state index is -4.70. The number of amides is 4. The number of carbonyl (C=O) groups is 3. The van der Waals surface area contributed by atoms with Crippen molar-refractivity contribution in [3.63, 3.8) is 0 Å². The first kappa shape index (κ1) is 26.3. The standard InChI is InChI=1S/C24H23F4N5O3/c1-23(2,3)21(35)33-20-18(19(29)34)15(11-30-20)12-4-7-14(8-5-12)31-22(36)32-17-10-13(24(26,27)28)6-9-16(17)25/h4-11,30H,1-3H3,(H2,29,34)(H,33,35)(H2,31,32,36). The third-order valence-corrected chi connectivity index (χ3v) is 5.04. The Morgan fingerprint density at radius 3 is 2.11 bits per heavy atom. The molecule has 3 aromatic rings. The summed E-state index contributed by atoms with van der Waals surface area (Å²) in [6.07, 6.45) is -3.21. The number of aromatic amines is 1. The molecule has 2 aromatic carbocycles. The number of aromatic nitrogens is 1. The van der Waals surface area contributed by atoms with Crippen LogP contribution in [0.4, 0.5) is 39.5 Å². The van der Waals surface area contributed by atoms with E-state index in [1.165, 1.54) is 18.3 Å². The summed E-state index contributed by atoms with van der Waals surface area (Å²) in [5.41, 5.74) is 4.27. The molecule has 0 unspecified atom stereocenters. The van der Waals surface area contributed by atoms with Crippen molar-refractivity contribution in [1.82, 2.24) is 4.98 Å². The Morgan fingerprint density at radius 1 is 0.917 bits per heavy atom. The lowest BCUT2D eigenvalue weighted by molar-refractivity contribution is -0.137. The molecule has 3 rings (SSSR count). The SMILES string of the molecule is CC(C)(C)C(=O)Nc1[nH]cc(-c2ccc(NC(=O)Nc3cc(C(F)(F)F)ccc3F)cc2)c1C(N)=O. The zero-order valence-corrected chi connectivity index (χ0v) is 19.4. The van der Waals surface area contributed by atoms with E-state index in [-0.39, 0.29) is 23.0 Å². The first-order valence-corrected chi connectivity index (χ1v) is 10.5. The molecular formula is C24H23F4N5O3. The van der Waals surface area contributed by atoms with Crippen LogP contribution in [0.3, 0.4) is 0 Å². The summed E-state index contributed by atoms with van der Waals surface area (Å²) in [4.78, 5) is 39.4. The number of carbonyl (C=O) groups excluding carboxylic acids is 3. The molecule has 12 heteroatoms. The monoisotopic (exact) mass is 505 g/mol. The third kappa shape index (κ3) is 6.01. The van der Waals surface area contributed by atoms with Crippen LogP contribution in [0.25, 0.3) is 11.1 Å². The summed E-state index contributed by atoms with van der Waals surface area (Å²) in [7, 11) is 0. The van der Waals surface area contributed by atoms with Gasteiger partial charge < -0.3 is 26.7 Å². The van der Waals surface area contributed by atoms with Crippen molar-refractivity contribution in [2.24, 2.45) is 11.1 Å². The third-order valence-electron chi connectivity index (χ3n) is 5.04. The molecule has 0 saturated heterocycles. The number of nitrogens with one attached hydrogen (secondary N) is 4. The number of nitrogens with two attached hydrogens (primary N) is 1. The van der Waals surface area contributed by atoms with Crippen LogP contribution in [0.15, 0.2) is 48.7 Å². The van der Waals surface area contributed by atoms with Crippen LogP contribution in [-0.2, 0) is 11.0 Å². The van der Waals surface area contributed by atoms with Crippen LogP contribution in [0, 0.1) is 11.2 Å². The molecule has 190 valence electrons. The van der Waals surface area contributed by atoms with Gasteiger partial charge in [-0.05, 0) is 35.9 Å². The fourth-order valence-electron chi connectivity index (χ4n) is 3.12. The summed E-state index contributed by atoms with van der Waals surface area (Å²) in [6.45, 7) is 5.12. The molecule has 36 heavy (non-hydrogen) atoms. The van der Waals surface area contributed by atoms with Crippen molar-refractivity contribution >= 4 is 35.0 Å². The smallest absolute Gasteiger partial charge is 0.365 e. The van der Waals surface area contributed by atoms with Crippen molar-refractivity contribution in [2.75, 3.05) is 16.0 Å². The Labute approximate surface area is 203 Å². The predicted octanol–water partition coefficient (Wildman–Crippen LogP) is 5.57. The quantitative estimate of drug-likeness (QED) is 0.291. The van der Waals surface area contributed by atoms with Gasteiger partial charge in [0.05, 0.1) is 16.8 Å². The van der Waals surface area contributed by atoms with Gasteiger partial charge in [-0.2, -0.15) is 13.2 Å². The number of urea groups is 1. The van der Waals surface area contributed by atoms with E-state index in [1.807, 2.05) is 5.32 Å². The van der Waals surface area contributed by atoms with E-state index in [2.05, 4.69) is 15.6 Å². The summed E-state index contributed by atoms with van der Waals surface area (Å²) < 4.78 is 52.4. The number of H-pyrrole nitrogens is 1. The molecule has 0 radical (unpaired) electrons. The zero-order valence-electron chi connectivity index (χ0n) is 19.4. The molecule has 0 spiro atoms. The average molecular weight is 505 g/mol. The minimum absolute atomic E-state index is 0.0612. The Kier molecular flexibility index (Phi) is 7.09. The molecule has 0 aliphatic carbocycles. The highest BCUT2D eigenvalue weighted by Gasteiger charge is 2.31. The van der Waals surface area contributed by atoms with Gasteiger partial charge in [-0.1, -0.05) is 32.9 Å². The van der Waals surface area contributed by atoms with Crippen LogP contribution in [-0.4, -0.2) is 22.8 Å². The molecule has 0 saturated carbocycles. The number of anilines is 3. The molecule has 0 aliphatic rings. The van der Waals surface area contributed by atoms with Gasteiger partial charge in [-0.15, -0.1) is 0 Å². The lowest BCUT2D eigenvalue weighted by Gasteiger charge is -2.17. The topological polar surface area (TPSA) is 129 Å². The van der Waals surface area contributed by atoms with Crippen LogP contribution in [0.2, 0.25) is 0 Å². The number of benzene rings is 2. The summed E-state index contributed by atoms with van der Waals surface area (Å²) in [6, 6.07) is 6.72. The molecule has 6 N–H and O–H groups in total. The van der Waals surface area contributed by atoms with Gasteiger partial charge in [0.15, 0.2) is 0 Å². The fraction of sp³-hybridized carbons (Fsp3) is 0.208. The number of alkyl halides is 3. The Balaban J connectivity index is 1.77. The van der Waals surface area contributed by atoms with Gasteiger partial charge in [0.2, 0.25) is 5.91 Å². The number of rotatable bonds is 5. The normalized spacial score (nSPS) is 11.6. The largest absolute Gasteiger partial charge is 0.416 e. The van der Waals surface area contributed by atoms with E-state index in [4.69, 9.17) is 5.73 Å². The Hall–Kier alpha value is -4.35. The minimum Gasteiger partial charge on any atom is -0.365 e. The second-order valence-electron chi connectivity index (χ2n) is 8.87. The van der Waals surface area contributed by atoms with Crippen LogP contribution in [0.5, 0.6) is 0 Å². The molecule has 1 heterocycles. The summed E-state index contributed by atoms with van der Waals surface area (Å²) in [5.74, 6) is -2.00. The average Bonchev–Trinajstić information content (AvgIpc) is 3.18. The van der Waals surface area contributed by atoms with Gasteiger partial charge in [-0.3, -0.25) is 9.59 Å². The summed E-state index contributed by atoms with van der Waals surface area (Å²) in [5, 5.41) is 7.07. The highest BCUT2D eigenvalue weighted by molar-refractivity contribution is 6.08. The number of hydrogen-bond donors (Lipinski definition) is 5. The Morgan fingerprint density at radius 2 is 1.56 bits per heavy atom. The van der Waals surface area contributed by atoms with Crippen LogP contribution in [0.1, 0.15) is 36.7 Å². The van der Waals surface area contributed by atoms with Crippen molar-refractivity contribution < 1.29 is 31.9 Å². The van der Waals surface area contributed by atoms with E-state index >= 15 is 0 Å². The zero-order chi connectivity index (χ0) is 26.8. The Bertz CT molecular complexity index is 1310. The first-order valence-electron chi connectivity index (χ1n) is 10.5. The molecule has 0 aliphatic heterocycles. The predicted molar refractivity (Wildman–Crippen MR) is 127 cm³/mol. The second-order valence-corrected chi connectivity index (χ2v) is 8.87. The molecule has 0 atom stereocenters. The molecule has 8 nitrogen and oxygen atoms in total. The molecular weight excluding hydrogens is 482 g/mol. The maximum atomic E-state index is 13.9. The lowest BCUT2D eigenvalue weighted by atomic mass is 9.95. The van der Waals surface area contributed by atoms with E-state index in [0.29, 0.717) is 29.3 Å². The maximum Gasteiger partial charge on any atom is 0.416 e. The number of halogens is 4. The van der Waals surface area contributed by atoms with Crippen molar-refractivity contribution in [3.8, 4) is 11.1 Å². The first-order chi connectivity index (χ1) is 16.7. The van der Waals surface area contributed by atoms with Crippen LogP contribution >= 0.6 is 0 Å². The van der Waals surface area contributed by atoms with E-state index in [1.54, 1.807) is 32.9 Å². The second kappa shape index (κ2) is 9.72. The van der Waals surface area contributed by atoms with Crippen molar-refractivity contribution in [2.45, 2.75) is 26.9 Å². The van der Waals surface area contributed by atoms with E-state index in [0.717, 1.165) is 0 Å². The number of hydrogen-bond acceptors (Lipinski definition) is 3. The lowest BCUT2D eigenvalue weighted by Crippen LogP contribution is -2.29. The van der Waals surface area contributed by atoms with Gasteiger partial charge in [-0.25, -0.2) is 9.18 Å².